The molecule has 1 amide bonds. The Morgan fingerprint density at radius 3 is 2.81 bits per heavy atom. The molecule has 2 atom stereocenters. The van der Waals surface area contributed by atoms with Gasteiger partial charge in [-0.15, -0.1) is 0 Å². The maximum atomic E-state index is 12.2. The number of nitrogens with one attached hydrogen (secondary N) is 2. The number of likely N-dealkylation sites (tertiary alicyclic amines) is 1. The van der Waals surface area contributed by atoms with Gasteiger partial charge in [0.2, 0.25) is 0 Å². The summed E-state index contributed by atoms with van der Waals surface area (Å²) in [5.41, 5.74) is 1.30. The lowest BCUT2D eigenvalue weighted by atomic mass is 10.1. The molecule has 1 aromatic heterocycles. The van der Waals surface area contributed by atoms with Crippen LogP contribution in [0.3, 0.4) is 0 Å². The van der Waals surface area contributed by atoms with Gasteiger partial charge in [-0.3, -0.25) is 19.6 Å². The number of hydrogen-bond acceptors (Lipinski definition) is 5. The van der Waals surface area contributed by atoms with Gasteiger partial charge >= 0.3 is 5.97 Å². The van der Waals surface area contributed by atoms with E-state index < -0.39 is 0 Å². The molecule has 21 heavy (non-hydrogen) atoms. The largest absolute Gasteiger partial charge is 0.468 e. The SMILES string of the molecule is COC(=O)[C@@H]1C[C@@H](NC(=O)c2cc(C(C)C)[nH]n2)CN1C. The number of ether oxygens (including phenoxy) is 1. The standard InChI is InChI=1S/C14H22N4O3/c1-8(2)10-6-11(17-16-10)13(19)15-9-5-12(14(20)21-4)18(3)7-9/h6,8-9,12H,5,7H2,1-4H3,(H,15,19)(H,16,17)/t9-,12+/m1/s1. The van der Waals surface area contributed by atoms with E-state index in [0.29, 0.717) is 24.6 Å². The van der Waals surface area contributed by atoms with Crippen LogP contribution in [-0.4, -0.2) is 59.8 Å². The number of likely N-dealkylation sites (N-methyl/N-ethyl adjacent to an activating group) is 1. The number of H-pyrrole nitrogens is 1. The van der Waals surface area contributed by atoms with E-state index in [1.165, 1.54) is 7.11 Å². The average Bonchev–Trinajstić information content (AvgIpc) is 3.05. The summed E-state index contributed by atoms with van der Waals surface area (Å²) in [5.74, 6) is -0.196. The van der Waals surface area contributed by atoms with Crippen molar-refractivity contribution in [2.75, 3.05) is 20.7 Å². The molecule has 2 N–H and O–H groups in total. The number of aromatic amines is 1. The van der Waals surface area contributed by atoms with Crippen molar-refractivity contribution in [1.29, 1.82) is 0 Å². The first kappa shape index (κ1) is 15.5. The summed E-state index contributed by atoms with van der Waals surface area (Å²) in [6.45, 7) is 4.68. The van der Waals surface area contributed by atoms with Crippen LogP contribution in [0.15, 0.2) is 6.07 Å². The zero-order chi connectivity index (χ0) is 15.6. The van der Waals surface area contributed by atoms with Gasteiger partial charge in [0.15, 0.2) is 0 Å². The van der Waals surface area contributed by atoms with Crippen LogP contribution in [0.2, 0.25) is 0 Å². The van der Waals surface area contributed by atoms with Gasteiger partial charge in [0.05, 0.1) is 7.11 Å². The summed E-state index contributed by atoms with van der Waals surface area (Å²) in [6.07, 6.45) is 0.552. The number of rotatable bonds is 4. The lowest BCUT2D eigenvalue weighted by molar-refractivity contribution is -0.145. The maximum absolute atomic E-state index is 12.2. The summed E-state index contributed by atoms with van der Waals surface area (Å²) < 4.78 is 4.76. The number of carbonyl (C=O) groups excluding carboxylic acids is 2. The van der Waals surface area contributed by atoms with E-state index in [0.717, 1.165) is 5.69 Å². The molecule has 0 saturated carbocycles. The zero-order valence-corrected chi connectivity index (χ0v) is 12.8. The van der Waals surface area contributed by atoms with Crippen LogP contribution in [0.4, 0.5) is 0 Å². The molecular weight excluding hydrogens is 272 g/mol. The molecule has 1 aliphatic rings. The third kappa shape index (κ3) is 3.41. The molecule has 0 unspecified atom stereocenters. The second kappa shape index (κ2) is 6.26. The highest BCUT2D eigenvalue weighted by Gasteiger charge is 2.36. The summed E-state index contributed by atoms with van der Waals surface area (Å²) in [5, 5.41) is 9.80. The Bertz CT molecular complexity index is 526. The van der Waals surface area contributed by atoms with Gasteiger partial charge in [0.1, 0.15) is 11.7 Å². The third-order valence-corrected chi connectivity index (χ3v) is 3.81. The van der Waals surface area contributed by atoms with E-state index in [1.807, 2.05) is 25.8 Å². The molecule has 0 spiro atoms. The number of esters is 1. The monoisotopic (exact) mass is 294 g/mol. The Morgan fingerprint density at radius 2 is 2.24 bits per heavy atom. The van der Waals surface area contributed by atoms with E-state index in [1.54, 1.807) is 6.07 Å². The highest BCUT2D eigenvalue weighted by atomic mass is 16.5. The van der Waals surface area contributed by atoms with Gasteiger partial charge in [0.25, 0.3) is 5.91 Å². The molecule has 0 radical (unpaired) electrons. The van der Waals surface area contributed by atoms with Crippen LogP contribution in [0, 0.1) is 0 Å². The number of hydrogen-bond donors (Lipinski definition) is 2. The van der Waals surface area contributed by atoms with Gasteiger partial charge in [-0.25, -0.2) is 0 Å². The number of aromatic nitrogens is 2. The van der Waals surface area contributed by atoms with E-state index in [4.69, 9.17) is 4.74 Å². The van der Waals surface area contributed by atoms with E-state index in [9.17, 15) is 9.59 Å². The van der Waals surface area contributed by atoms with Crippen molar-refractivity contribution >= 4 is 11.9 Å². The summed E-state index contributed by atoms with van der Waals surface area (Å²) >= 11 is 0. The molecular formula is C14H22N4O3. The van der Waals surface area contributed by atoms with Crippen LogP contribution < -0.4 is 5.32 Å². The van der Waals surface area contributed by atoms with Crippen LogP contribution in [0.5, 0.6) is 0 Å². The lowest BCUT2D eigenvalue weighted by Crippen LogP contribution is -2.36. The van der Waals surface area contributed by atoms with Crippen molar-refractivity contribution in [3.8, 4) is 0 Å². The predicted molar refractivity (Wildman–Crippen MR) is 77.0 cm³/mol. The Morgan fingerprint density at radius 1 is 1.52 bits per heavy atom. The number of amides is 1. The minimum Gasteiger partial charge on any atom is -0.468 e. The van der Waals surface area contributed by atoms with Crippen LogP contribution in [0.1, 0.15) is 42.4 Å². The Labute approximate surface area is 124 Å². The Kier molecular flexibility index (Phi) is 4.62. The fourth-order valence-electron chi connectivity index (χ4n) is 2.52. The van der Waals surface area contributed by atoms with Gasteiger partial charge in [-0.2, -0.15) is 5.10 Å². The topological polar surface area (TPSA) is 87.3 Å². The first-order valence-corrected chi connectivity index (χ1v) is 7.06. The molecule has 0 aromatic carbocycles. The van der Waals surface area contributed by atoms with Crippen molar-refractivity contribution in [2.45, 2.75) is 38.3 Å². The summed E-state index contributed by atoms with van der Waals surface area (Å²) in [7, 11) is 3.22. The normalized spacial score (nSPS) is 22.5. The minimum absolute atomic E-state index is 0.0780. The first-order valence-electron chi connectivity index (χ1n) is 7.06. The lowest BCUT2D eigenvalue weighted by Gasteiger charge is -2.15. The number of carbonyl (C=O) groups is 2. The van der Waals surface area contributed by atoms with Crippen molar-refractivity contribution in [2.24, 2.45) is 0 Å². The van der Waals surface area contributed by atoms with Crippen LogP contribution in [0.25, 0.3) is 0 Å². The number of methoxy groups -OCH3 is 1. The van der Waals surface area contributed by atoms with Crippen molar-refractivity contribution < 1.29 is 14.3 Å². The second-order valence-corrected chi connectivity index (χ2v) is 5.75. The maximum Gasteiger partial charge on any atom is 0.323 e. The molecule has 0 aliphatic carbocycles. The number of nitrogens with zero attached hydrogens (tertiary/aromatic N) is 2. The molecule has 1 aromatic rings. The molecule has 1 saturated heterocycles. The molecule has 2 heterocycles. The van der Waals surface area contributed by atoms with Gasteiger partial charge in [-0.05, 0) is 25.5 Å². The smallest absolute Gasteiger partial charge is 0.323 e. The van der Waals surface area contributed by atoms with Crippen LogP contribution >= 0.6 is 0 Å². The minimum atomic E-state index is -0.300. The zero-order valence-electron chi connectivity index (χ0n) is 12.8. The third-order valence-electron chi connectivity index (χ3n) is 3.81. The van der Waals surface area contributed by atoms with Crippen molar-refractivity contribution in [3.05, 3.63) is 17.5 Å². The molecule has 0 bridgehead atoms. The highest BCUT2D eigenvalue weighted by Crippen LogP contribution is 2.18. The molecule has 116 valence electrons. The van der Waals surface area contributed by atoms with Gasteiger partial charge < -0.3 is 10.1 Å². The fourth-order valence-corrected chi connectivity index (χ4v) is 2.52. The molecule has 7 nitrogen and oxygen atoms in total. The Hall–Kier alpha value is -1.89. The van der Waals surface area contributed by atoms with Crippen molar-refractivity contribution in [3.63, 3.8) is 0 Å². The predicted octanol–water partition coefficient (Wildman–Crippen LogP) is 0.509. The molecule has 7 heteroatoms. The highest BCUT2D eigenvalue weighted by molar-refractivity contribution is 5.92. The van der Waals surface area contributed by atoms with E-state index in [2.05, 4.69) is 15.5 Å². The summed E-state index contributed by atoms with van der Waals surface area (Å²) in [4.78, 5) is 25.7. The van der Waals surface area contributed by atoms with Crippen molar-refractivity contribution in [1.82, 2.24) is 20.4 Å². The first-order chi connectivity index (χ1) is 9.92. The van der Waals surface area contributed by atoms with Gasteiger partial charge in [-0.1, -0.05) is 13.8 Å². The molecule has 1 fully saturated rings. The van der Waals surface area contributed by atoms with Crippen LogP contribution in [-0.2, 0) is 9.53 Å². The average molecular weight is 294 g/mol. The summed E-state index contributed by atoms with van der Waals surface area (Å²) in [6, 6.07) is 1.38. The fraction of sp³-hybridized carbons (Fsp3) is 0.643. The quantitative estimate of drug-likeness (QED) is 0.790. The van der Waals surface area contributed by atoms with Gasteiger partial charge in [0, 0.05) is 18.3 Å². The second-order valence-electron chi connectivity index (χ2n) is 5.75. The molecule has 2 rings (SSSR count). The van der Waals surface area contributed by atoms with E-state index in [-0.39, 0.29) is 24.0 Å². The van der Waals surface area contributed by atoms with E-state index >= 15 is 0 Å². The molecule has 1 aliphatic heterocycles. The Balaban J connectivity index is 1.95.